The molecule has 0 aromatic carbocycles. The van der Waals surface area contributed by atoms with Gasteiger partial charge < -0.3 is 4.74 Å². The van der Waals surface area contributed by atoms with Crippen LogP contribution < -0.4 is 10.9 Å². The van der Waals surface area contributed by atoms with E-state index in [1.54, 1.807) is 33.2 Å². The van der Waals surface area contributed by atoms with E-state index >= 15 is 0 Å². The van der Waals surface area contributed by atoms with Crippen molar-refractivity contribution in [3.05, 3.63) is 30.1 Å². The van der Waals surface area contributed by atoms with Crippen molar-refractivity contribution >= 4 is 6.09 Å². The SMILES string of the molecule is CC(C)(C)OC(=O)NNCC#Cc1cccnc1. The minimum atomic E-state index is -0.523. The van der Waals surface area contributed by atoms with Crippen LogP contribution in [0.2, 0.25) is 0 Å². The molecular weight excluding hydrogens is 230 g/mol. The normalized spacial score (nSPS) is 10.2. The summed E-state index contributed by atoms with van der Waals surface area (Å²) in [5.41, 5.74) is 5.38. The van der Waals surface area contributed by atoms with E-state index in [2.05, 4.69) is 27.7 Å². The standard InChI is InChI=1S/C13H17N3O2/c1-13(2,3)18-12(17)16-15-9-5-7-11-6-4-8-14-10-11/h4,6,8,10,15H,9H2,1-3H3,(H,16,17). The molecule has 1 amide bonds. The van der Waals surface area contributed by atoms with Gasteiger partial charge in [0.15, 0.2) is 0 Å². The summed E-state index contributed by atoms with van der Waals surface area (Å²) < 4.78 is 5.03. The van der Waals surface area contributed by atoms with Gasteiger partial charge in [0.1, 0.15) is 5.60 Å². The van der Waals surface area contributed by atoms with Gasteiger partial charge in [-0.15, -0.1) is 0 Å². The zero-order valence-electron chi connectivity index (χ0n) is 10.8. The van der Waals surface area contributed by atoms with E-state index in [-0.39, 0.29) is 0 Å². The number of aromatic nitrogens is 1. The molecule has 0 aliphatic carbocycles. The summed E-state index contributed by atoms with van der Waals surface area (Å²) in [6.45, 7) is 5.73. The number of amides is 1. The highest BCUT2D eigenvalue weighted by molar-refractivity contribution is 5.67. The molecule has 5 heteroatoms. The van der Waals surface area contributed by atoms with Gasteiger partial charge >= 0.3 is 6.09 Å². The van der Waals surface area contributed by atoms with E-state index in [1.165, 1.54) is 0 Å². The van der Waals surface area contributed by atoms with Gasteiger partial charge in [-0.1, -0.05) is 11.8 Å². The molecule has 1 heterocycles. The maximum atomic E-state index is 11.2. The molecule has 0 aliphatic heterocycles. The molecule has 0 aliphatic rings. The summed E-state index contributed by atoms with van der Waals surface area (Å²) in [5, 5.41) is 0. The lowest BCUT2D eigenvalue weighted by Crippen LogP contribution is -2.41. The Morgan fingerprint density at radius 3 is 2.89 bits per heavy atom. The van der Waals surface area contributed by atoms with Gasteiger partial charge in [0.05, 0.1) is 6.54 Å². The molecule has 1 aromatic heterocycles. The second kappa shape index (κ2) is 6.62. The third kappa shape index (κ3) is 6.51. The number of ether oxygens (including phenoxy) is 1. The first kappa shape index (κ1) is 14.0. The smallest absolute Gasteiger partial charge is 0.422 e. The predicted molar refractivity (Wildman–Crippen MR) is 68.5 cm³/mol. The van der Waals surface area contributed by atoms with Gasteiger partial charge in [0.2, 0.25) is 0 Å². The third-order valence-electron chi connectivity index (χ3n) is 1.66. The van der Waals surface area contributed by atoms with Crippen LogP contribution in [-0.2, 0) is 4.74 Å². The Morgan fingerprint density at radius 1 is 1.50 bits per heavy atom. The number of pyridine rings is 1. The van der Waals surface area contributed by atoms with Crippen molar-refractivity contribution in [1.29, 1.82) is 0 Å². The van der Waals surface area contributed by atoms with Crippen LogP contribution >= 0.6 is 0 Å². The van der Waals surface area contributed by atoms with Crippen molar-refractivity contribution in [2.45, 2.75) is 26.4 Å². The molecular formula is C13H17N3O2. The van der Waals surface area contributed by atoms with Crippen LogP contribution in [0.1, 0.15) is 26.3 Å². The Morgan fingerprint density at radius 2 is 2.28 bits per heavy atom. The molecule has 0 spiro atoms. The van der Waals surface area contributed by atoms with Gasteiger partial charge in [-0.3, -0.25) is 10.4 Å². The lowest BCUT2D eigenvalue weighted by molar-refractivity contribution is 0.0502. The van der Waals surface area contributed by atoms with E-state index in [0.717, 1.165) is 5.56 Å². The van der Waals surface area contributed by atoms with Crippen LogP contribution in [0.4, 0.5) is 4.79 Å². The zero-order chi connectivity index (χ0) is 13.4. The molecule has 5 nitrogen and oxygen atoms in total. The third-order valence-corrected chi connectivity index (χ3v) is 1.66. The van der Waals surface area contributed by atoms with Crippen LogP contribution in [-0.4, -0.2) is 23.2 Å². The largest absolute Gasteiger partial charge is 0.443 e. The number of carbonyl (C=O) groups is 1. The van der Waals surface area contributed by atoms with Gasteiger partial charge in [-0.25, -0.2) is 10.2 Å². The highest BCUT2D eigenvalue weighted by Gasteiger charge is 2.15. The maximum absolute atomic E-state index is 11.2. The Balaban J connectivity index is 2.24. The predicted octanol–water partition coefficient (Wildman–Crippen LogP) is 1.46. The molecule has 96 valence electrons. The number of nitrogens with zero attached hydrogens (tertiary/aromatic N) is 1. The van der Waals surface area contributed by atoms with E-state index < -0.39 is 11.7 Å². The number of hydrogen-bond donors (Lipinski definition) is 2. The molecule has 0 unspecified atom stereocenters. The fourth-order valence-electron chi connectivity index (χ4n) is 1.05. The van der Waals surface area contributed by atoms with Crippen molar-refractivity contribution in [3.63, 3.8) is 0 Å². The molecule has 0 saturated carbocycles. The number of nitrogens with one attached hydrogen (secondary N) is 2. The first-order valence-electron chi connectivity index (χ1n) is 5.58. The van der Waals surface area contributed by atoms with Crippen molar-refractivity contribution in [1.82, 2.24) is 15.8 Å². The summed E-state index contributed by atoms with van der Waals surface area (Å²) in [6, 6.07) is 3.68. The van der Waals surface area contributed by atoms with Crippen molar-refractivity contribution in [3.8, 4) is 11.8 Å². The van der Waals surface area contributed by atoms with E-state index in [9.17, 15) is 4.79 Å². The highest BCUT2D eigenvalue weighted by atomic mass is 16.6. The molecule has 0 radical (unpaired) electrons. The van der Waals surface area contributed by atoms with E-state index in [1.807, 2.05) is 12.1 Å². The number of hydrazine groups is 1. The van der Waals surface area contributed by atoms with Crippen molar-refractivity contribution < 1.29 is 9.53 Å². The number of carbonyl (C=O) groups excluding carboxylic acids is 1. The average molecular weight is 247 g/mol. The topological polar surface area (TPSA) is 63.2 Å². The van der Waals surface area contributed by atoms with Gasteiger partial charge in [-0.05, 0) is 32.9 Å². The fraction of sp³-hybridized carbons (Fsp3) is 0.385. The Bertz CT molecular complexity index is 441. The summed E-state index contributed by atoms with van der Waals surface area (Å²) in [5.74, 6) is 5.75. The van der Waals surface area contributed by atoms with Gasteiger partial charge in [-0.2, -0.15) is 0 Å². The quantitative estimate of drug-likeness (QED) is 0.472. The molecule has 0 atom stereocenters. The second-order valence-corrected chi connectivity index (χ2v) is 4.52. The van der Waals surface area contributed by atoms with E-state index in [4.69, 9.17) is 4.74 Å². The average Bonchev–Trinajstić information content (AvgIpc) is 2.27. The summed E-state index contributed by atoms with van der Waals surface area (Å²) in [4.78, 5) is 15.2. The van der Waals surface area contributed by atoms with Crippen LogP contribution in [0.15, 0.2) is 24.5 Å². The van der Waals surface area contributed by atoms with Gasteiger partial charge in [0.25, 0.3) is 0 Å². The maximum Gasteiger partial charge on any atom is 0.422 e. The molecule has 0 fully saturated rings. The van der Waals surface area contributed by atoms with Crippen molar-refractivity contribution in [2.75, 3.05) is 6.54 Å². The minimum Gasteiger partial charge on any atom is -0.443 e. The molecule has 0 bridgehead atoms. The summed E-state index contributed by atoms with van der Waals surface area (Å²) in [7, 11) is 0. The zero-order valence-corrected chi connectivity index (χ0v) is 10.8. The van der Waals surface area contributed by atoms with E-state index in [0.29, 0.717) is 6.54 Å². The first-order valence-corrected chi connectivity index (χ1v) is 5.58. The van der Waals surface area contributed by atoms with Gasteiger partial charge in [0, 0.05) is 18.0 Å². The molecule has 1 rings (SSSR count). The lowest BCUT2D eigenvalue weighted by atomic mass is 10.2. The number of rotatable bonds is 2. The summed E-state index contributed by atoms with van der Waals surface area (Å²) >= 11 is 0. The highest BCUT2D eigenvalue weighted by Crippen LogP contribution is 2.05. The van der Waals surface area contributed by atoms with Crippen molar-refractivity contribution in [2.24, 2.45) is 0 Å². The van der Waals surface area contributed by atoms with Crippen LogP contribution in [0, 0.1) is 11.8 Å². The summed E-state index contributed by atoms with van der Waals surface area (Å²) in [6.07, 6.45) is 2.84. The minimum absolute atomic E-state index is 0.328. The van der Waals surface area contributed by atoms with Crippen LogP contribution in [0.5, 0.6) is 0 Å². The first-order chi connectivity index (χ1) is 8.47. The molecule has 18 heavy (non-hydrogen) atoms. The Kier molecular flexibility index (Phi) is 5.15. The Hall–Kier alpha value is -2.06. The molecule has 2 N–H and O–H groups in total. The Labute approximate surface area is 107 Å². The lowest BCUT2D eigenvalue weighted by Gasteiger charge is -2.19. The van der Waals surface area contributed by atoms with Crippen LogP contribution in [0.25, 0.3) is 0 Å². The molecule has 1 aromatic rings. The monoisotopic (exact) mass is 247 g/mol. The van der Waals surface area contributed by atoms with Crippen LogP contribution in [0.3, 0.4) is 0 Å². The fourth-order valence-corrected chi connectivity index (χ4v) is 1.05. The number of hydrogen-bond acceptors (Lipinski definition) is 4. The second-order valence-electron chi connectivity index (χ2n) is 4.52. The molecule has 0 saturated heterocycles.